The molecule has 7 nitrogen and oxygen atoms in total. The third-order valence-corrected chi connectivity index (χ3v) is 4.41. The lowest BCUT2D eigenvalue weighted by molar-refractivity contribution is -0.133. The standard InChI is InChI=1S/C18H20ClN3O4/c1-13-11-16(20-26-13)18(24)22-8-2-7-21(9-10-22)17(23)12-25-15-5-3-14(19)4-6-15/h3-6,11H,2,7-10,12H2,1H3. The Morgan fingerprint density at radius 1 is 1.15 bits per heavy atom. The fourth-order valence-electron chi connectivity index (χ4n) is 2.77. The quantitative estimate of drug-likeness (QED) is 0.817. The van der Waals surface area contributed by atoms with E-state index in [2.05, 4.69) is 5.16 Å². The highest BCUT2D eigenvalue weighted by atomic mass is 35.5. The summed E-state index contributed by atoms with van der Waals surface area (Å²) in [6.45, 7) is 3.78. The van der Waals surface area contributed by atoms with Crippen LogP contribution in [0.4, 0.5) is 0 Å². The van der Waals surface area contributed by atoms with Crippen molar-refractivity contribution < 1.29 is 18.8 Å². The number of aromatic nitrogens is 1. The van der Waals surface area contributed by atoms with E-state index in [1.807, 2.05) is 0 Å². The molecule has 0 saturated carbocycles. The highest BCUT2D eigenvalue weighted by Crippen LogP contribution is 2.16. The molecular weight excluding hydrogens is 358 g/mol. The summed E-state index contributed by atoms with van der Waals surface area (Å²) < 4.78 is 10.5. The molecule has 0 radical (unpaired) electrons. The van der Waals surface area contributed by atoms with Gasteiger partial charge >= 0.3 is 0 Å². The maximum Gasteiger partial charge on any atom is 0.276 e. The maximum atomic E-state index is 12.4. The lowest BCUT2D eigenvalue weighted by Gasteiger charge is -2.21. The van der Waals surface area contributed by atoms with Crippen LogP contribution < -0.4 is 4.74 Å². The zero-order valence-electron chi connectivity index (χ0n) is 14.5. The number of nitrogens with zero attached hydrogens (tertiary/aromatic N) is 3. The SMILES string of the molecule is Cc1cc(C(=O)N2CCCN(C(=O)COc3ccc(Cl)cc3)CC2)no1. The largest absolute Gasteiger partial charge is 0.484 e. The summed E-state index contributed by atoms with van der Waals surface area (Å²) in [6, 6.07) is 8.48. The number of halogens is 1. The van der Waals surface area contributed by atoms with Gasteiger partial charge in [-0.2, -0.15) is 0 Å². The lowest BCUT2D eigenvalue weighted by Crippen LogP contribution is -2.39. The molecule has 0 N–H and O–H groups in total. The van der Waals surface area contributed by atoms with Crippen LogP contribution in [0.2, 0.25) is 5.02 Å². The summed E-state index contributed by atoms with van der Waals surface area (Å²) in [5, 5.41) is 4.38. The molecule has 2 heterocycles. The highest BCUT2D eigenvalue weighted by Gasteiger charge is 2.24. The van der Waals surface area contributed by atoms with Crippen molar-refractivity contribution in [2.75, 3.05) is 32.8 Å². The minimum Gasteiger partial charge on any atom is -0.484 e. The van der Waals surface area contributed by atoms with Crippen molar-refractivity contribution in [3.05, 3.63) is 46.8 Å². The van der Waals surface area contributed by atoms with E-state index in [1.54, 1.807) is 47.1 Å². The smallest absolute Gasteiger partial charge is 0.276 e. The first-order chi connectivity index (χ1) is 12.5. The van der Waals surface area contributed by atoms with Gasteiger partial charge in [0.15, 0.2) is 12.3 Å². The van der Waals surface area contributed by atoms with Crippen molar-refractivity contribution in [1.29, 1.82) is 0 Å². The van der Waals surface area contributed by atoms with Gasteiger partial charge in [-0.25, -0.2) is 0 Å². The molecule has 1 aromatic carbocycles. The van der Waals surface area contributed by atoms with Crippen molar-refractivity contribution >= 4 is 23.4 Å². The molecule has 1 fully saturated rings. The number of carbonyl (C=O) groups excluding carboxylic acids is 2. The molecule has 138 valence electrons. The Balaban J connectivity index is 1.52. The van der Waals surface area contributed by atoms with E-state index in [9.17, 15) is 9.59 Å². The molecular formula is C18H20ClN3O4. The molecule has 26 heavy (non-hydrogen) atoms. The normalized spacial score (nSPS) is 14.8. The van der Waals surface area contributed by atoms with Crippen LogP contribution >= 0.6 is 11.6 Å². The van der Waals surface area contributed by atoms with Gasteiger partial charge in [0.05, 0.1) is 0 Å². The Bertz CT molecular complexity index is 775. The Labute approximate surface area is 156 Å². The predicted octanol–water partition coefficient (Wildman–Crippen LogP) is 2.39. The van der Waals surface area contributed by atoms with Gasteiger partial charge in [0, 0.05) is 37.3 Å². The van der Waals surface area contributed by atoms with E-state index in [4.69, 9.17) is 20.9 Å². The zero-order valence-corrected chi connectivity index (χ0v) is 15.2. The molecule has 2 aromatic rings. The Morgan fingerprint density at radius 2 is 1.85 bits per heavy atom. The van der Waals surface area contributed by atoms with Gasteiger partial charge < -0.3 is 19.1 Å². The van der Waals surface area contributed by atoms with Gasteiger partial charge in [0.25, 0.3) is 11.8 Å². The van der Waals surface area contributed by atoms with Gasteiger partial charge in [-0.15, -0.1) is 0 Å². The molecule has 0 spiro atoms. The van der Waals surface area contributed by atoms with Gasteiger partial charge in [0.2, 0.25) is 0 Å². The van der Waals surface area contributed by atoms with E-state index in [1.165, 1.54) is 0 Å². The van der Waals surface area contributed by atoms with Gasteiger partial charge in [0.1, 0.15) is 11.5 Å². The van der Waals surface area contributed by atoms with Gasteiger partial charge in [-0.1, -0.05) is 16.8 Å². The fourth-order valence-corrected chi connectivity index (χ4v) is 2.89. The molecule has 1 aliphatic heterocycles. The first-order valence-electron chi connectivity index (χ1n) is 8.41. The van der Waals surface area contributed by atoms with E-state index in [0.717, 1.165) is 0 Å². The van der Waals surface area contributed by atoms with E-state index >= 15 is 0 Å². The number of benzene rings is 1. The molecule has 8 heteroatoms. The van der Waals surface area contributed by atoms with Crippen LogP contribution in [0, 0.1) is 6.92 Å². The summed E-state index contributed by atoms with van der Waals surface area (Å²) >= 11 is 5.83. The van der Waals surface area contributed by atoms with Crippen molar-refractivity contribution in [2.24, 2.45) is 0 Å². The van der Waals surface area contributed by atoms with Crippen molar-refractivity contribution in [3.63, 3.8) is 0 Å². The summed E-state index contributed by atoms with van der Waals surface area (Å²) in [4.78, 5) is 28.2. The number of rotatable bonds is 4. The van der Waals surface area contributed by atoms with Crippen LogP contribution in [-0.2, 0) is 4.79 Å². The minimum absolute atomic E-state index is 0.0436. The van der Waals surface area contributed by atoms with E-state index in [-0.39, 0.29) is 18.4 Å². The van der Waals surface area contributed by atoms with E-state index < -0.39 is 0 Å². The average Bonchev–Trinajstić information content (AvgIpc) is 2.92. The van der Waals surface area contributed by atoms with Crippen LogP contribution in [0.15, 0.2) is 34.9 Å². The van der Waals surface area contributed by atoms with E-state index in [0.29, 0.717) is 54.8 Å². The monoisotopic (exact) mass is 377 g/mol. The lowest BCUT2D eigenvalue weighted by atomic mass is 10.3. The number of carbonyl (C=O) groups is 2. The molecule has 0 unspecified atom stereocenters. The molecule has 0 aliphatic carbocycles. The highest BCUT2D eigenvalue weighted by molar-refractivity contribution is 6.30. The summed E-state index contributed by atoms with van der Waals surface area (Å²) in [5.74, 6) is 0.912. The van der Waals surface area contributed by atoms with Crippen LogP contribution in [0.3, 0.4) is 0 Å². The Kier molecular flexibility index (Phi) is 5.78. The molecule has 1 aromatic heterocycles. The third-order valence-electron chi connectivity index (χ3n) is 4.16. The van der Waals surface area contributed by atoms with Crippen LogP contribution in [-0.4, -0.2) is 59.6 Å². The first kappa shape index (κ1) is 18.3. The maximum absolute atomic E-state index is 12.4. The number of hydrogen-bond acceptors (Lipinski definition) is 5. The predicted molar refractivity (Wildman–Crippen MR) is 95.3 cm³/mol. The van der Waals surface area contributed by atoms with Crippen LogP contribution in [0.1, 0.15) is 22.7 Å². The molecule has 3 rings (SSSR count). The molecule has 0 bridgehead atoms. The Hall–Kier alpha value is -2.54. The molecule has 2 amide bonds. The van der Waals surface area contributed by atoms with Crippen LogP contribution in [0.5, 0.6) is 5.75 Å². The molecule has 0 atom stereocenters. The second-order valence-corrected chi connectivity index (χ2v) is 6.53. The van der Waals surface area contributed by atoms with Crippen molar-refractivity contribution in [1.82, 2.24) is 15.0 Å². The summed E-state index contributed by atoms with van der Waals surface area (Å²) in [5.41, 5.74) is 0.299. The summed E-state index contributed by atoms with van der Waals surface area (Å²) in [6.07, 6.45) is 0.704. The Morgan fingerprint density at radius 3 is 2.54 bits per heavy atom. The first-order valence-corrected chi connectivity index (χ1v) is 8.79. The number of ether oxygens (including phenoxy) is 1. The molecule has 1 aliphatic rings. The number of amides is 2. The fraction of sp³-hybridized carbons (Fsp3) is 0.389. The minimum atomic E-state index is -0.173. The van der Waals surface area contributed by atoms with Gasteiger partial charge in [-0.05, 0) is 37.6 Å². The zero-order chi connectivity index (χ0) is 18.5. The second kappa shape index (κ2) is 8.23. The number of hydrogen-bond donors (Lipinski definition) is 0. The van der Waals surface area contributed by atoms with Crippen LogP contribution in [0.25, 0.3) is 0 Å². The topological polar surface area (TPSA) is 75.9 Å². The van der Waals surface area contributed by atoms with Crippen molar-refractivity contribution in [3.8, 4) is 5.75 Å². The third kappa shape index (κ3) is 4.54. The number of aryl methyl sites for hydroxylation is 1. The van der Waals surface area contributed by atoms with Crippen molar-refractivity contribution in [2.45, 2.75) is 13.3 Å². The second-order valence-electron chi connectivity index (χ2n) is 6.09. The summed E-state index contributed by atoms with van der Waals surface area (Å²) in [7, 11) is 0. The molecule has 1 saturated heterocycles. The van der Waals surface area contributed by atoms with Gasteiger partial charge in [-0.3, -0.25) is 9.59 Å². The average molecular weight is 378 g/mol.